The van der Waals surface area contributed by atoms with E-state index in [4.69, 9.17) is 0 Å². The first-order valence-corrected chi connectivity index (χ1v) is 10.5. The summed E-state index contributed by atoms with van der Waals surface area (Å²) in [6, 6.07) is 4.12. The second-order valence-electron chi connectivity index (χ2n) is 8.68. The molecule has 4 heteroatoms. The summed E-state index contributed by atoms with van der Waals surface area (Å²) >= 11 is 1.71. The Hall–Kier alpha value is -1.42. The number of aromatic nitrogens is 1. The minimum Gasteiger partial charge on any atom is -0.365 e. The zero-order valence-corrected chi connectivity index (χ0v) is 16.1. The molecule has 132 valence electrons. The molecule has 3 nitrogen and oxygen atoms in total. The smallest absolute Gasteiger partial charge is 0.183 e. The molecule has 0 spiro atoms. The van der Waals surface area contributed by atoms with Gasteiger partial charge in [-0.1, -0.05) is 38.0 Å². The van der Waals surface area contributed by atoms with Crippen LogP contribution >= 0.6 is 11.3 Å². The first kappa shape index (κ1) is 15.8. The molecule has 2 saturated carbocycles. The van der Waals surface area contributed by atoms with Crippen LogP contribution in [0.3, 0.4) is 0 Å². The number of ketones is 1. The Morgan fingerprint density at radius 1 is 1.32 bits per heavy atom. The summed E-state index contributed by atoms with van der Waals surface area (Å²) in [4.78, 5) is 18.2. The van der Waals surface area contributed by atoms with Crippen molar-refractivity contribution in [1.29, 1.82) is 0 Å². The van der Waals surface area contributed by atoms with Gasteiger partial charge in [0, 0.05) is 18.5 Å². The topological polar surface area (TPSA) is 42.0 Å². The van der Waals surface area contributed by atoms with E-state index < -0.39 is 0 Å². The molecule has 2 fully saturated rings. The zero-order chi connectivity index (χ0) is 17.3. The van der Waals surface area contributed by atoms with Crippen LogP contribution in [0.1, 0.15) is 61.9 Å². The maximum atomic E-state index is 13.5. The van der Waals surface area contributed by atoms with E-state index in [2.05, 4.69) is 30.2 Å². The van der Waals surface area contributed by atoms with E-state index in [0.29, 0.717) is 17.6 Å². The quantitative estimate of drug-likeness (QED) is 0.818. The minimum absolute atomic E-state index is 0.102. The molecule has 1 heterocycles. The minimum atomic E-state index is 0.102. The molecule has 1 N–H and O–H groups in total. The van der Waals surface area contributed by atoms with Crippen molar-refractivity contribution in [2.75, 3.05) is 12.4 Å². The molecule has 1 aromatic heterocycles. The van der Waals surface area contributed by atoms with Gasteiger partial charge in [0.15, 0.2) is 10.9 Å². The Labute approximate surface area is 153 Å². The number of hydrogen-bond acceptors (Lipinski definition) is 4. The highest BCUT2D eigenvalue weighted by molar-refractivity contribution is 7.22. The van der Waals surface area contributed by atoms with Crippen LogP contribution < -0.4 is 5.32 Å². The Morgan fingerprint density at radius 3 is 2.84 bits per heavy atom. The molecule has 2 bridgehead atoms. The fraction of sp³-hybridized carbons (Fsp3) is 0.619. The number of carbonyl (C=O) groups is 1. The molecule has 2 aromatic rings. The molecule has 0 aliphatic heterocycles. The molecular weight excluding hydrogens is 328 g/mol. The number of rotatable bonds is 3. The average molecular weight is 355 g/mol. The van der Waals surface area contributed by atoms with Crippen LogP contribution in [0.5, 0.6) is 0 Å². The largest absolute Gasteiger partial charge is 0.365 e. The third-order valence-corrected chi connectivity index (χ3v) is 8.44. The van der Waals surface area contributed by atoms with Crippen molar-refractivity contribution in [2.24, 2.45) is 23.7 Å². The number of anilines is 1. The third kappa shape index (κ3) is 2.16. The Bertz CT molecular complexity index is 868. The van der Waals surface area contributed by atoms with Crippen LogP contribution in [0.25, 0.3) is 10.2 Å². The number of fused-ring (bicyclic) bond motifs is 6. The van der Waals surface area contributed by atoms with Crippen molar-refractivity contribution >= 4 is 32.5 Å². The molecule has 0 amide bonds. The number of nitrogens with one attached hydrogen (secondary N) is 1. The van der Waals surface area contributed by atoms with Crippen LogP contribution in [0.2, 0.25) is 0 Å². The van der Waals surface area contributed by atoms with Crippen LogP contribution in [-0.2, 0) is 5.41 Å². The Kier molecular flexibility index (Phi) is 3.35. The van der Waals surface area contributed by atoms with Gasteiger partial charge in [-0.15, -0.1) is 0 Å². The van der Waals surface area contributed by atoms with Gasteiger partial charge in [0.2, 0.25) is 0 Å². The number of benzene rings is 1. The average Bonchev–Trinajstić information content (AvgIpc) is 3.31. The van der Waals surface area contributed by atoms with Gasteiger partial charge in [0.25, 0.3) is 0 Å². The van der Waals surface area contributed by atoms with Gasteiger partial charge < -0.3 is 5.32 Å². The van der Waals surface area contributed by atoms with Crippen LogP contribution in [-0.4, -0.2) is 17.8 Å². The van der Waals surface area contributed by atoms with Crippen LogP contribution in [0.15, 0.2) is 12.1 Å². The lowest BCUT2D eigenvalue weighted by Gasteiger charge is -2.52. The first-order chi connectivity index (χ1) is 12.0. The maximum absolute atomic E-state index is 13.5. The molecule has 3 aliphatic carbocycles. The molecule has 5 rings (SSSR count). The lowest BCUT2D eigenvalue weighted by atomic mass is 9.51. The van der Waals surface area contributed by atoms with E-state index in [9.17, 15) is 4.79 Å². The van der Waals surface area contributed by atoms with E-state index in [1.54, 1.807) is 11.3 Å². The van der Waals surface area contributed by atoms with Crippen molar-refractivity contribution in [3.63, 3.8) is 0 Å². The van der Waals surface area contributed by atoms with Gasteiger partial charge >= 0.3 is 0 Å². The van der Waals surface area contributed by atoms with Crippen LogP contribution in [0.4, 0.5) is 5.13 Å². The predicted molar refractivity (Wildman–Crippen MR) is 104 cm³/mol. The van der Waals surface area contributed by atoms with Crippen molar-refractivity contribution in [1.82, 2.24) is 4.98 Å². The van der Waals surface area contributed by atoms with E-state index in [1.807, 2.05) is 13.1 Å². The summed E-state index contributed by atoms with van der Waals surface area (Å²) in [5.41, 5.74) is 3.42. The van der Waals surface area contributed by atoms with E-state index in [1.165, 1.54) is 42.4 Å². The number of Topliss-reactive ketones (excluding diaryl/α,β-unsaturated/α-hetero) is 1. The van der Waals surface area contributed by atoms with Crippen molar-refractivity contribution < 1.29 is 4.79 Å². The summed E-state index contributed by atoms with van der Waals surface area (Å²) < 4.78 is 1.23. The maximum Gasteiger partial charge on any atom is 0.183 e. The van der Waals surface area contributed by atoms with Crippen molar-refractivity contribution in [2.45, 2.75) is 51.4 Å². The summed E-state index contributed by atoms with van der Waals surface area (Å²) in [5, 5.41) is 4.11. The van der Waals surface area contributed by atoms with Gasteiger partial charge in [0.05, 0.1) is 10.2 Å². The zero-order valence-electron chi connectivity index (χ0n) is 15.3. The molecule has 0 saturated heterocycles. The fourth-order valence-electron chi connectivity index (χ4n) is 5.59. The molecule has 4 atom stereocenters. The fourth-order valence-corrected chi connectivity index (χ4v) is 6.69. The second kappa shape index (κ2) is 5.29. The van der Waals surface area contributed by atoms with Gasteiger partial charge in [-0.25, -0.2) is 4.98 Å². The predicted octanol–water partition coefficient (Wildman–Crippen LogP) is 5.25. The number of nitrogens with zero attached hydrogens (tertiary/aromatic N) is 1. The third-order valence-electron chi connectivity index (χ3n) is 7.33. The van der Waals surface area contributed by atoms with Crippen molar-refractivity contribution in [3.05, 3.63) is 23.3 Å². The highest BCUT2D eigenvalue weighted by Gasteiger charge is 2.54. The van der Waals surface area contributed by atoms with Gasteiger partial charge in [-0.3, -0.25) is 4.79 Å². The van der Waals surface area contributed by atoms with Crippen LogP contribution in [0, 0.1) is 23.7 Å². The standard InChI is InChI=1S/C21H26N2OS/c1-11-16-13(10-12-4-5-12)8-9-21(11,2)17-14(18(16)24)6-7-15-19(17)25-20(22-3)23-15/h6-7,11-13,16H,4-5,8-10H2,1-3H3,(H,22,23)/t11-,13?,16+,21+/m0/s1. The number of carbonyl (C=O) groups excluding carboxylic acids is 1. The molecule has 3 aliphatic rings. The molecule has 0 radical (unpaired) electrons. The lowest BCUT2D eigenvalue weighted by molar-refractivity contribution is 0.0440. The summed E-state index contributed by atoms with van der Waals surface area (Å²) in [5.74, 6) is 2.56. The molecular formula is C21H26N2OS. The SMILES string of the molecule is CNc1nc2ccc3c(c2s1)[C@]1(C)CCC(CC2CC2)[C@H](C3=O)[C@@H]1C. The highest BCUT2D eigenvalue weighted by Crippen LogP contribution is 2.58. The van der Waals surface area contributed by atoms with E-state index in [-0.39, 0.29) is 11.3 Å². The lowest BCUT2D eigenvalue weighted by Crippen LogP contribution is -2.51. The normalized spacial score (nSPS) is 34.2. The Morgan fingerprint density at radius 2 is 2.12 bits per heavy atom. The van der Waals surface area contributed by atoms with Crippen molar-refractivity contribution in [3.8, 4) is 0 Å². The highest BCUT2D eigenvalue weighted by atomic mass is 32.1. The summed E-state index contributed by atoms with van der Waals surface area (Å²) in [6.45, 7) is 4.74. The first-order valence-electron chi connectivity index (χ1n) is 9.69. The molecule has 1 aromatic carbocycles. The van der Waals surface area contributed by atoms with Gasteiger partial charge in [-0.05, 0) is 60.1 Å². The Balaban J connectivity index is 1.68. The monoisotopic (exact) mass is 354 g/mol. The number of hydrogen-bond donors (Lipinski definition) is 1. The summed E-state index contributed by atoms with van der Waals surface area (Å²) in [6.07, 6.45) is 6.45. The van der Waals surface area contributed by atoms with Gasteiger partial charge in [-0.2, -0.15) is 0 Å². The molecule has 25 heavy (non-hydrogen) atoms. The second-order valence-corrected chi connectivity index (χ2v) is 9.68. The summed E-state index contributed by atoms with van der Waals surface area (Å²) in [7, 11) is 1.92. The van der Waals surface area contributed by atoms with Gasteiger partial charge in [0.1, 0.15) is 0 Å². The van der Waals surface area contributed by atoms with E-state index >= 15 is 0 Å². The number of thiazole rings is 1. The molecule has 1 unspecified atom stereocenters. The van der Waals surface area contributed by atoms with E-state index in [0.717, 1.165) is 22.1 Å².